The molecule has 112 valence electrons. The molecule has 3 aromatic carbocycles. The second kappa shape index (κ2) is 6.66. The molecule has 0 nitrogen and oxygen atoms in total. The summed E-state index contributed by atoms with van der Waals surface area (Å²) in [6.45, 7) is 4.48. The van der Waals surface area contributed by atoms with E-state index in [2.05, 4.69) is 84.4 Å². The first-order valence-electron chi connectivity index (χ1n) is 7.98. The van der Waals surface area contributed by atoms with Crippen LogP contribution in [0.1, 0.15) is 30.9 Å². The fourth-order valence-electron chi connectivity index (χ4n) is 3.15. The first kappa shape index (κ1) is 15.3. The van der Waals surface area contributed by atoms with Crippen LogP contribution in [0.15, 0.2) is 59.1 Å². The summed E-state index contributed by atoms with van der Waals surface area (Å²) in [6.07, 6.45) is 3.61. The minimum absolute atomic E-state index is 1.13. The van der Waals surface area contributed by atoms with Crippen LogP contribution in [0.5, 0.6) is 0 Å². The predicted octanol–water partition coefficient (Wildman–Crippen LogP) is 6.92. The van der Waals surface area contributed by atoms with E-state index in [4.69, 9.17) is 0 Å². The van der Waals surface area contributed by atoms with Gasteiger partial charge in [-0.2, -0.15) is 0 Å². The minimum Gasteiger partial charge on any atom is -0.0654 e. The third kappa shape index (κ3) is 2.96. The number of hydrogen-bond donors (Lipinski definition) is 0. The van der Waals surface area contributed by atoms with Crippen LogP contribution in [-0.2, 0) is 6.42 Å². The zero-order valence-corrected chi connectivity index (χ0v) is 14.8. The Balaban J connectivity index is 2.28. The Kier molecular flexibility index (Phi) is 4.63. The Bertz CT molecular complexity index is 785. The molecule has 0 unspecified atom stereocenters. The van der Waals surface area contributed by atoms with E-state index in [0.717, 1.165) is 10.9 Å². The van der Waals surface area contributed by atoms with E-state index in [1.165, 1.54) is 45.9 Å². The molecule has 0 aromatic heterocycles. The Labute approximate surface area is 141 Å². The maximum atomic E-state index is 3.54. The highest BCUT2D eigenvalue weighted by molar-refractivity contribution is 9.10. The van der Waals surface area contributed by atoms with Gasteiger partial charge in [-0.05, 0) is 64.9 Å². The lowest BCUT2D eigenvalue weighted by Crippen LogP contribution is -1.94. The van der Waals surface area contributed by atoms with Gasteiger partial charge in [-0.15, -0.1) is 0 Å². The van der Waals surface area contributed by atoms with E-state index in [-0.39, 0.29) is 0 Å². The predicted molar refractivity (Wildman–Crippen MR) is 100 cm³/mol. The maximum Gasteiger partial charge on any atom is 0.0175 e. The molecule has 0 N–H and O–H groups in total. The van der Waals surface area contributed by atoms with E-state index in [9.17, 15) is 0 Å². The van der Waals surface area contributed by atoms with Gasteiger partial charge in [-0.25, -0.2) is 0 Å². The zero-order chi connectivity index (χ0) is 15.5. The van der Waals surface area contributed by atoms with Gasteiger partial charge in [-0.3, -0.25) is 0 Å². The first-order chi connectivity index (χ1) is 10.7. The molecule has 0 aliphatic rings. The number of unbranched alkanes of at least 4 members (excludes halogenated alkanes) is 1. The summed E-state index contributed by atoms with van der Waals surface area (Å²) in [7, 11) is 0. The van der Waals surface area contributed by atoms with Crippen molar-refractivity contribution in [2.24, 2.45) is 0 Å². The molecule has 3 aromatic rings. The molecule has 0 bridgehead atoms. The van der Waals surface area contributed by atoms with E-state index >= 15 is 0 Å². The van der Waals surface area contributed by atoms with Gasteiger partial charge >= 0.3 is 0 Å². The van der Waals surface area contributed by atoms with Crippen LogP contribution < -0.4 is 0 Å². The molecule has 0 amide bonds. The normalized spacial score (nSPS) is 11.0. The highest BCUT2D eigenvalue weighted by Crippen LogP contribution is 2.35. The highest BCUT2D eigenvalue weighted by atomic mass is 79.9. The Morgan fingerprint density at radius 3 is 2.27 bits per heavy atom. The summed E-state index contributed by atoms with van der Waals surface area (Å²) in [5.74, 6) is 0. The van der Waals surface area contributed by atoms with Gasteiger partial charge in [0.05, 0.1) is 0 Å². The summed E-state index contributed by atoms with van der Waals surface area (Å²) in [5, 5.41) is 2.73. The van der Waals surface area contributed by atoms with Gasteiger partial charge in [0.2, 0.25) is 0 Å². The van der Waals surface area contributed by atoms with Crippen LogP contribution in [0.2, 0.25) is 0 Å². The lowest BCUT2D eigenvalue weighted by atomic mass is 9.89. The Morgan fingerprint density at radius 2 is 1.59 bits per heavy atom. The molecule has 0 heterocycles. The number of rotatable bonds is 4. The molecule has 0 aliphatic heterocycles. The van der Waals surface area contributed by atoms with Gasteiger partial charge in [0.25, 0.3) is 0 Å². The molecule has 0 saturated heterocycles. The van der Waals surface area contributed by atoms with E-state index in [0.29, 0.717) is 0 Å². The third-order valence-corrected chi connectivity index (χ3v) is 4.79. The monoisotopic (exact) mass is 352 g/mol. The number of benzene rings is 3. The van der Waals surface area contributed by atoms with Gasteiger partial charge in [0, 0.05) is 4.47 Å². The fourth-order valence-corrected chi connectivity index (χ4v) is 3.42. The highest BCUT2D eigenvalue weighted by Gasteiger charge is 2.11. The molecule has 0 aliphatic carbocycles. The molecular weight excluding hydrogens is 332 g/mol. The molecule has 0 saturated carbocycles. The molecule has 1 heteroatoms. The van der Waals surface area contributed by atoms with Crippen LogP contribution in [0, 0.1) is 6.92 Å². The number of aryl methyl sites for hydroxylation is 2. The Morgan fingerprint density at radius 1 is 0.909 bits per heavy atom. The van der Waals surface area contributed by atoms with Crippen molar-refractivity contribution in [2.45, 2.75) is 33.1 Å². The van der Waals surface area contributed by atoms with Crippen molar-refractivity contribution in [1.29, 1.82) is 0 Å². The minimum atomic E-state index is 1.13. The van der Waals surface area contributed by atoms with Crippen molar-refractivity contribution in [2.75, 3.05) is 0 Å². The summed E-state index contributed by atoms with van der Waals surface area (Å²) >= 11 is 3.54. The van der Waals surface area contributed by atoms with Crippen LogP contribution >= 0.6 is 15.9 Å². The molecule has 0 fully saturated rings. The number of hydrogen-bond acceptors (Lipinski definition) is 0. The van der Waals surface area contributed by atoms with Gasteiger partial charge < -0.3 is 0 Å². The summed E-state index contributed by atoms with van der Waals surface area (Å²) < 4.78 is 1.13. The average molecular weight is 353 g/mol. The SMILES string of the molecule is CCCCc1cc(C)c2ccccc2c1-c1ccc(Br)cc1. The summed E-state index contributed by atoms with van der Waals surface area (Å²) in [4.78, 5) is 0. The smallest absolute Gasteiger partial charge is 0.0175 e. The summed E-state index contributed by atoms with van der Waals surface area (Å²) in [5.41, 5.74) is 5.57. The van der Waals surface area contributed by atoms with Crippen molar-refractivity contribution < 1.29 is 0 Å². The molecular formula is C21H21Br. The molecule has 0 radical (unpaired) electrons. The van der Waals surface area contributed by atoms with E-state index < -0.39 is 0 Å². The van der Waals surface area contributed by atoms with Gasteiger partial charge in [0.15, 0.2) is 0 Å². The molecule has 22 heavy (non-hydrogen) atoms. The summed E-state index contributed by atoms with van der Waals surface area (Å²) in [6, 6.07) is 19.9. The average Bonchev–Trinajstić information content (AvgIpc) is 2.54. The first-order valence-corrected chi connectivity index (χ1v) is 8.77. The molecule has 0 atom stereocenters. The Hall–Kier alpha value is -1.60. The second-order valence-electron chi connectivity index (χ2n) is 5.88. The fraction of sp³-hybridized carbons (Fsp3) is 0.238. The van der Waals surface area contributed by atoms with E-state index in [1.807, 2.05) is 0 Å². The van der Waals surface area contributed by atoms with Crippen molar-refractivity contribution in [3.05, 3.63) is 70.2 Å². The third-order valence-electron chi connectivity index (χ3n) is 4.27. The number of fused-ring (bicyclic) bond motifs is 1. The van der Waals surface area contributed by atoms with Crippen LogP contribution in [0.25, 0.3) is 21.9 Å². The topological polar surface area (TPSA) is 0 Å². The standard InChI is InChI=1S/C21H21Br/c1-3-4-7-17-14-15(2)19-8-5-6-9-20(19)21(17)16-10-12-18(22)13-11-16/h5-6,8-14H,3-4,7H2,1-2H3. The van der Waals surface area contributed by atoms with Crippen molar-refractivity contribution >= 4 is 26.7 Å². The van der Waals surface area contributed by atoms with Crippen LogP contribution in [0.3, 0.4) is 0 Å². The second-order valence-corrected chi connectivity index (χ2v) is 6.80. The van der Waals surface area contributed by atoms with Crippen molar-refractivity contribution in [3.63, 3.8) is 0 Å². The van der Waals surface area contributed by atoms with E-state index in [1.54, 1.807) is 0 Å². The zero-order valence-electron chi connectivity index (χ0n) is 13.2. The molecule has 3 rings (SSSR count). The lowest BCUT2D eigenvalue weighted by Gasteiger charge is -2.16. The maximum absolute atomic E-state index is 3.54. The largest absolute Gasteiger partial charge is 0.0654 e. The quantitative estimate of drug-likeness (QED) is 0.477. The van der Waals surface area contributed by atoms with Crippen LogP contribution in [-0.4, -0.2) is 0 Å². The van der Waals surface area contributed by atoms with Crippen molar-refractivity contribution in [3.8, 4) is 11.1 Å². The van der Waals surface area contributed by atoms with Crippen molar-refractivity contribution in [1.82, 2.24) is 0 Å². The van der Waals surface area contributed by atoms with Crippen LogP contribution in [0.4, 0.5) is 0 Å². The number of halogens is 1. The lowest BCUT2D eigenvalue weighted by molar-refractivity contribution is 0.796. The van der Waals surface area contributed by atoms with Gasteiger partial charge in [0.1, 0.15) is 0 Å². The van der Waals surface area contributed by atoms with Gasteiger partial charge in [-0.1, -0.05) is 71.7 Å². The molecule has 0 spiro atoms.